The van der Waals surface area contributed by atoms with Gasteiger partial charge in [-0.25, -0.2) is 4.79 Å². The number of carbonyl (C=O) groups is 1. The molecule has 0 bridgehead atoms. The number of methoxy groups -OCH3 is 1. The standard InChI is InChI=1S/C19H23ClN2O3/c1-3-12-25-18-9-6-15(13-17(18)20)22-19(23)21-11-10-14-4-7-16(24-2)8-5-14/h4-9,13H,3,10-12H2,1-2H3,(H2,21,22,23). The van der Waals surface area contributed by atoms with Crippen LogP contribution in [0.3, 0.4) is 0 Å². The number of amides is 2. The quantitative estimate of drug-likeness (QED) is 0.726. The van der Waals surface area contributed by atoms with E-state index in [2.05, 4.69) is 10.6 Å². The zero-order valence-electron chi connectivity index (χ0n) is 14.5. The molecular formula is C19H23ClN2O3. The first-order valence-corrected chi connectivity index (χ1v) is 8.60. The maximum Gasteiger partial charge on any atom is 0.319 e. The normalized spacial score (nSPS) is 10.2. The van der Waals surface area contributed by atoms with Crippen molar-refractivity contribution < 1.29 is 14.3 Å². The van der Waals surface area contributed by atoms with Crippen molar-refractivity contribution in [3.8, 4) is 11.5 Å². The Bertz CT molecular complexity index is 690. The van der Waals surface area contributed by atoms with Crippen molar-refractivity contribution in [3.05, 3.63) is 53.1 Å². The number of ether oxygens (including phenoxy) is 2. The molecule has 2 aromatic carbocycles. The molecule has 0 aliphatic rings. The van der Waals surface area contributed by atoms with Gasteiger partial charge in [0.05, 0.1) is 18.7 Å². The summed E-state index contributed by atoms with van der Waals surface area (Å²) in [6.07, 6.45) is 1.65. The average Bonchev–Trinajstić information content (AvgIpc) is 2.61. The molecule has 0 saturated carbocycles. The van der Waals surface area contributed by atoms with Gasteiger partial charge in [0.1, 0.15) is 11.5 Å². The van der Waals surface area contributed by atoms with E-state index in [9.17, 15) is 4.79 Å². The van der Waals surface area contributed by atoms with Gasteiger partial charge in [-0.1, -0.05) is 30.7 Å². The Morgan fingerprint density at radius 1 is 1.16 bits per heavy atom. The first-order valence-electron chi connectivity index (χ1n) is 8.22. The van der Waals surface area contributed by atoms with Crippen molar-refractivity contribution in [2.75, 3.05) is 25.6 Å². The molecule has 2 aromatic rings. The monoisotopic (exact) mass is 362 g/mol. The van der Waals surface area contributed by atoms with Crippen LogP contribution in [-0.4, -0.2) is 26.3 Å². The lowest BCUT2D eigenvalue weighted by Crippen LogP contribution is -2.30. The lowest BCUT2D eigenvalue weighted by Gasteiger charge is -2.11. The van der Waals surface area contributed by atoms with Crippen molar-refractivity contribution in [3.63, 3.8) is 0 Å². The van der Waals surface area contributed by atoms with Crippen molar-refractivity contribution in [2.45, 2.75) is 19.8 Å². The van der Waals surface area contributed by atoms with E-state index in [1.54, 1.807) is 25.3 Å². The number of hydrogen-bond acceptors (Lipinski definition) is 3. The molecule has 0 aliphatic heterocycles. The van der Waals surface area contributed by atoms with Crippen LogP contribution in [0.1, 0.15) is 18.9 Å². The lowest BCUT2D eigenvalue weighted by molar-refractivity contribution is 0.252. The SMILES string of the molecule is CCCOc1ccc(NC(=O)NCCc2ccc(OC)cc2)cc1Cl. The highest BCUT2D eigenvalue weighted by Crippen LogP contribution is 2.27. The van der Waals surface area contributed by atoms with Gasteiger partial charge in [-0.15, -0.1) is 0 Å². The van der Waals surface area contributed by atoms with Crippen molar-refractivity contribution in [1.82, 2.24) is 5.32 Å². The third kappa shape index (κ3) is 6.19. The minimum atomic E-state index is -0.271. The maximum atomic E-state index is 12.0. The van der Waals surface area contributed by atoms with Gasteiger partial charge in [0.15, 0.2) is 0 Å². The molecule has 6 heteroatoms. The van der Waals surface area contributed by atoms with Crippen LogP contribution in [0.4, 0.5) is 10.5 Å². The van der Waals surface area contributed by atoms with E-state index in [1.807, 2.05) is 31.2 Å². The fourth-order valence-corrected chi connectivity index (χ4v) is 2.43. The molecule has 2 rings (SSSR count). The van der Waals surface area contributed by atoms with E-state index in [4.69, 9.17) is 21.1 Å². The van der Waals surface area contributed by atoms with Crippen LogP contribution in [0.2, 0.25) is 5.02 Å². The summed E-state index contributed by atoms with van der Waals surface area (Å²) in [5.41, 5.74) is 1.75. The average molecular weight is 363 g/mol. The molecule has 134 valence electrons. The van der Waals surface area contributed by atoms with Crippen molar-refractivity contribution in [1.29, 1.82) is 0 Å². The smallest absolute Gasteiger partial charge is 0.319 e. The van der Waals surface area contributed by atoms with E-state index in [-0.39, 0.29) is 6.03 Å². The second kappa shape index (κ2) is 9.79. The molecule has 5 nitrogen and oxygen atoms in total. The Kier molecular flexibility index (Phi) is 7.41. The number of anilines is 1. The summed E-state index contributed by atoms with van der Waals surface area (Å²) in [4.78, 5) is 12.0. The van der Waals surface area contributed by atoms with Crippen LogP contribution in [0.25, 0.3) is 0 Å². The minimum absolute atomic E-state index is 0.271. The fourth-order valence-electron chi connectivity index (χ4n) is 2.20. The fraction of sp³-hybridized carbons (Fsp3) is 0.316. The Hall–Kier alpha value is -2.40. The first kappa shape index (κ1) is 18.9. The highest BCUT2D eigenvalue weighted by molar-refractivity contribution is 6.32. The Labute approximate surface area is 153 Å². The lowest BCUT2D eigenvalue weighted by atomic mass is 10.1. The van der Waals surface area contributed by atoms with E-state index >= 15 is 0 Å². The minimum Gasteiger partial charge on any atom is -0.497 e. The molecule has 0 saturated heterocycles. The number of benzene rings is 2. The Morgan fingerprint density at radius 3 is 2.56 bits per heavy atom. The zero-order valence-corrected chi connectivity index (χ0v) is 15.2. The third-order valence-electron chi connectivity index (χ3n) is 3.51. The summed E-state index contributed by atoms with van der Waals surface area (Å²) in [6, 6.07) is 12.7. The highest BCUT2D eigenvalue weighted by atomic mass is 35.5. The predicted octanol–water partition coefficient (Wildman–Crippen LogP) is 4.50. The van der Waals surface area contributed by atoms with E-state index in [0.29, 0.717) is 29.6 Å². The number of carbonyl (C=O) groups excluding carboxylic acids is 1. The van der Waals surface area contributed by atoms with E-state index in [0.717, 1.165) is 24.2 Å². The summed E-state index contributed by atoms with van der Waals surface area (Å²) < 4.78 is 10.6. The molecule has 0 unspecified atom stereocenters. The highest BCUT2D eigenvalue weighted by Gasteiger charge is 2.06. The van der Waals surface area contributed by atoms with Crippen LogP contribution in [0.5, 0.6) is 11.5 Å². The van der Waals surface area contributed by atoms with Crippen LogP contribution in [0, 0.1) is 0 Å². The molecule has 2 amide bonds. The number of urea groups is 1. The zero-order chi connectivity index (χ0) is 18.1. The summed E-state index contributed by atoms with van der Waals surface area (Å²) in [5.74, 6) is 1.44. The molecule has 0 heterocycles. The number of rotatable bonds is 8. The topological polar surface area (TPSA) is 59.6 Å². The third-order valence-corrected chi connectivity index (χ3v) is 3.81. The van der Waals surface area contributed by atoms with Crippen molar-refractivity contribution in [2.24, 2.45) is 0 Å². The van der Waals surface area contributed by atoms with Crippen molar-refractivity contribution >= 4 is 23.3 Å². The molecule has 0 spiro atoms. The van der Waals surface area contributed by atoms with Gasteiger partial charge in [-0.3, -0.25) is 0 Å². The van der Waals surface area contributed by atoms with Gasteiger partial charge in [0.25, 0.3) is 0 Å². The molecule has 0 atom stereocenters. The van der Waals surface area contributed by atoms with Gasteiger partial charge < -0.3 is 20.1 Å². The van der Waals surface area contributed by atoms with Gasteiger partial charge in [-0.05, 0) is 48.7 Å². The molecule has 0 radical (unpaired) electrons. The van der Waals surface area contributed by atoms with Gasteiger partial charge in [-0.2, -0.15) is 0 Å². The summed E-state index contributed by atoms with van der Waals surface area (Å²) in [6.45, 7) is 3.17. The van der Waals surface area contributed by atoms with Crippen LogP contribution in [-0.2, 0) is 6.42 Å². The second-order valence-electron chi connectivity index (χ2n) is 5.47. The van der Waals surface area contributed by atoms with Crippen LogP contribution in [0.15, 0.2) is 42.5 Å². The molecule has 0 fully saturated rings. The van der Waals surface area contributed by atoms with E-state index in [1.165, 1.54) is 0 Å². The number of nitrogens with one attached hydrogen (secondary N) is 2. The molecule has 0 aromatic heterocycles. The first-order chi connectivity index (χ1) is 12.1. The number of halogens is 1. The van der Waals surface area contributed by atoms with Gasteiger partial charge in [0, 0.05) is 12.2 Å². The van der Waals surface area contributed by atoms with Gasteiger partial charge >= 0.3 is 6.03 Å². The summed E-state index contributed by atoms with van der Waals surface area (Å²) in [5, 5.41) is 6.06. The Morgan fingerprint density at radius 2 is 1.92 bits per heavy atom. The predicted molar refractivity (Wildman–Crippen MR) is 101 cm³/mol. The summed E-state index contributed by atoms with van der Waals surface area (Å²) in [7, 11) is 1.63. The van der Waals surface area contributed by atoms with Crippen LogP contribution < -0.4 is 20.1 Å². The van der Waals surface area contributed by atoms with Gasteiger partial charge in [0.2, 0.25) is 0 Å². The Balaban J connectivity index is 1.78. The molecular weight excluding hydrogens is 340 g/mol. The van der Waals surface area contributed by atoms with Crippen LogP contribution >= 0.6 is 11.6 Å². The maximum absolute atomic E-state index is 12.0. The largest absolute Gasteiger partial charge is 0.497 e. The van der Waals surface area contributed by atoms with E-state index < -0.39 is 0 Å². The second-order valence-corrected chi connectivity index (χ2v) is 5.88. The molecule has 0 aliphatic carbocycles. The molecule has 2 N–H and O–H groups in total. The summed E-state index contributed by atoms with van der Waals surface area (Å²) >= 11 is 6.15. The number of hydrogen-bond donors (Lipinski definition) is 2. The molecule has 25 heavy (non-hydrogen) atoms.